The molecule has 1 aliphatic carbocycles. The predicted molar refractivity (Wildman–Crippen MR) is 80.5 cm³/mol. The van der Waals surface area contributed by atoms with Crippen molar-refractivity contribution in [2.24, 2.45) is 11.3 Å². The quantitative estimate of drug-likeness (QED) is 0.751. The Bertz CT molecular complexity index is 608. The fraction of sp³-hybridized carbons (Fsp3) is 0.562. The summed E-state index contributed by atoms with van der Waals surface area (Å²) in [5.41, 5.74) is 4.11. The maximum absolute atomic E-state index is 6.10. The summed E-state index contributed by atoms with van der Waals surface area (Å²) in [7, 11) is 0. The molecule has 1 aromatic heterocycles. The van der Waals surface area contributed by atoms with Crippen LogP contribution in [0.25, 0.3) is 11.0 Å². The molecule has 0 saturated heterocycles. The minimum atomic E-state index is 0.469. The van der Waals surface area contributed by atoms with Crippen LogP contribution in [0, 0.1) is 18.3 Å². The zero-order valence-electron chi connectivity index (χ0n) is 11.9. The van der Waals surface area contributed by atoms with Crippen molar-refractivity contribution in [2.75, 3.05) is 0 Å². The number of hydrogen-bond donors (Lipinski definition) is 0. The van der Waals surface area contributed by atoms with Crippen LogP contribution in [-0.4, -0.2) is 9.55 Å². The average molecular weight is 277 g/mol. The van der Waals surface area contributed by atoms with Crippen LogP contribution in [0.1, 0.15) is 38.1 Å². The standard InChI is InChI=1S/C16H21ClN2/c1-11(2)16(7-8-16)10-19-14(9-17)18-13-6-4-5-12(3)15(13)19/h4-6,11H,7-10H2,1-3H3. The Balaban J connectivity index is 2.11. The molecule has 2 nitrogen and oxygen atoms in total. The van der Waals surface area contributed by atoms with Gasteiger partial charge in [0.15, 0.2) is 0 Å². The summed E-state index contributed by atoms with van der Waals surface area (Å²) in [4.78, 5) is 4.69. The topological polar surface area (TPSA) is 17.8 Å². The number of alkyl halides is 1. The normalized spacial score (nSPS) is 17.3. The van der Waals surface area contributed by atoms with Crippen molar-refractivity contribution in [3.63, 3.8) is 0 Å². The van der Waals surface area contributed by atoms with E-state index in [0.717, 1.165) is 23.8 Å². The summed E-state index contributed by atoms with van der Waals surface area (Å²) in [5.74, 6) is 2.22. The molecule has 0 unspecified atom stereocenters. The van der Waals surface area contributed by atoms with Gasteiger partial charge in [-0.25, -0.2) is 4.98 Å². The lowest BCUT2D eigenvalue weighted by Gasteiger charge is -2.22. The Morgan fingerprint density at radius 3 is 2.68 bits per heavy atom. The van der Waals surface area contributed by atoms with E-state index in [1.807, 2.05) is 0 Å². The third-order valence-electron chi connectivity index (χ3n) is 4.76. The number of halogens is 1. The van der Waals surface area contributed by atoms with Crippen LogP contribution in [0.2, 0.25) is 0 Å². The van der Waals surface area contributed by atoms with Crippen molar-refractivity contribution in [3.8, 4) is 0 Å². The Kier molecular flexibility index (Phi) is 3.09. The van der Waals surface area contributed by atoms with Crippen molar-refractivity contribution in [1.82, 2.24) is 9.55 Å². The molecule has 1 aliphatic rings. The van der Waals surface area contributed by atoms with Gasteiger partial charge in [-0.1, -0.05) is 26.0 Å². The van der Waals surface area contributed by atoms with Crippen molar-refractivity contribution < 1.29 is 0 Å². The van der Waals surface area contributed by atoms with Gasteiger partial charge in [-0.15, -0.1) is 11.6 Å². The number of nitrogens with zero attached hydrogens (tertiary/aromatic N) is 2. The summed E-state index contributed by atoms with van der Waals surface area (Å²) in [6, 6.07) is 6.32. The highest BCUT2D eigenvalue weighted by atomic mass is 35.5. The van der Waals surface area contributed by atoms with Crippen LogP contribution in [0.3, 0.4) is 0 Å². The van der Waals surface area contributed by atoms with Gasteiger partial charge in [0.05, 0.1) is 16.9 Å². The highest BCUT2D eigenvalue weighted by molar-refractivity contribution is 6.16. The first kappa shape index (κ1) is 13.0. The van der Waals surface area contributed by atoms with E-state index in [1.165, 1.54) is 23.9 Å². The molecule has 0 N–H and O–H groups in total. The number of aryl methyl sites for hydroxylation is 1. The molecule has 1 heterocycles. The number of rotatable bonds is 4. The molecule has 1 fully saturated rings. The maximum atomic E-state index is 6.10. The molecule has 102 valence electrons. The summed E-state index contributed by atoms with van der Waals surface area (Å²) in [6.45, 7) is 7.89. The number of imidazole rings is 1. The van der Waals surface area contributed by atoms with E-state index in [9.17, 15) is 0 Å². The fourth-order valence-electron chi connectivity index (χ4n) is 3.08. The van der Waals surface area contributed by atoms with Gasteiger partial charge in [-0.05, 0) is 42.7 Å². The first-order valence-electron chi connectivity index (χ1n) is 7.08. The molecule has 1 saturated carbocycles. The number of fused-ring (bicyclic) bond motifs is 1. The second kappa shape index (κ2) is 4.52. The lowest BCUT2D eigenvalue weighted by molar-refractivity contribution is 0.309. The Labute approximate surface area is 119 Å². The Morgan fingerprint density at radius 1 is 1.37 bits per heavy atom. The molecule has 0 amide bonds. The highest BCUT2D eigenvalue weighted by Gasteiger charge is 2.46. The van der Waals surface area contributed by atoms with Crippen molar-refractivity contribution in [3.05, 3.63) is 29.6 Å². The minimum absolute atomic E-state index is 0.469. The summed E-state index contributed by atoms with van der Waals surface area (Å²) in [5, 5.41) is 0. The lowest BCUT2D eigenvalue weighted by Crippen LogP contribution is -2.19. The molecule has 0 atom stereocenters. The minimum Gasteiger partial charge on any atom is -0.326 e. The van der Waals surface area contributed by atoms with E-state index in [1.54, 1.807) is 0 Å². The predicted octanol–water partition coefficient (Wildman–Crippen LogP) is 4.52. The van der Waals surface area contributed by atoms with Gasteiger partial charge < -0.3 is 4.57 Å². The number of hydrogen-bond acceptors (Lipinski definition) is 1. The van der Waals surface area contributed by atoms with Gasteiger partial charge in [0.25, 0.3) is 0 Å². The zero-order chi connectivity index (χ0) is 13.6. The molecule has 19 heavy (non-hydrogen) atoms. The van der Waals surface area contributed by atoms with E-state index in [2.05, 4.69) is 43.5 Å². The maximum Gasteiger partial charge on any atom is 0.124 e. The van der Waals surface area contributed by atoms with Gasteiger partial charge in [-0.2, -0.15) is 0 Å². The molecular formula is C16H21ClN2. The highest BCUT2D eigenvalue weighted by Crippen LogP contribution is 2.53. The van der Waals surface area contributed by atoms with E-state index in [-0.39, 0.29) is 0 Å². The van der Waals surface area contributed by atoms with Gasteiger partial charge >= 0.3 is 0 Å². The van der Waals surface area contributed by atoms with Crippen LogP contribution in [0.4, 0.5) is 0 Å². The first-order chi connectivity index (χ1) is 9.07. The lowest BCUT2D eigenvalue weighted by atomic mass is 9.92. The molecule has 0 spiro atoms. The van der Waals surface area contributed by atoms with Crippen LogP contribution < -0.4 is 0 Å². The second-order valence-corrected chi connectivity index (χ2v) is 6.47. The third-order valence-corrected chi connectivity index (χ3v) is 5.00. The molecular weight excluding hydrogens is 256 g/mol. The van der Waals surface area contributed by atoms with Gasteiger partial charge in [0.2, 0.25) is 0 Å². The Morgan fingerprint density at radius 2 is 2.11 bits per heavy atom. The molecule has 0 bridgehead atoms. The van der Waals surface area contributed by atoms with Crippen LogP contribution in [-0.2, 0) is 12.4 Å². The Hall–Kier alpha value is -1.02. The van der Waals surface area contributed by atoms with E-state index in [4.69, 9.17) is 16.6 Å². The fourth-order valence-corrected chi connectivity index (χ4v) is 3.28. The molecule has 3 heteroatoms. The smallest absolute Gasteiger partial charge is 0.124 e. The zero-order valence-corrected chi connectivity index (χ0v) is 12.7. The van der Waals surface area contributed by atoms with E-state index >= 15 is 0 Å². The monoisotopic (exact) mass is 276 g/mol. The number of benzene rings is 1. The van der Waals surface area contributed by atoms with E-state index < -0.39 is 0 Å². The average Bonchev–Trinajstić information content (AvgIpc) is 3.07. The molecule has 0 radical (unpaired) electrons. The van der Waals surface area contributed by atoms with Crippen LogP contribution in [0.15, 0.2) is 18.2 Å². The van der Waals surface area contributed by atoms with Crippen molar-refractivity contribution >= 4 is 22.6 Å². The van der Waals surface area contributed by atoms with Crippen LogP contribution >= 0.6 is 11.6 Å². The van der Waals surface area contributed by atoms with E-state index in [0.29, 0.717) is 11.3 Å². The number of para-hydroxylation sites is 1. The largest absolute Gasteiger partial charge is 0.326 e. The van der Waals surface area contributed by atoms with Gasteiger partial charge in [0, 0.05) is 6.54 Å². The molecule has 2 aromatic rings. The summed E-state index contributed by atoms with van der Waals surface area (Å²) in [6.07, 6.45) is 2.66. The van der Waals surface area contributed by atoms with Crippen molar-refractivity contribution in [1.29, 1.82) is 0 Å². The van der Waals surface area contributed by atoms with Crippen LogP contribution in [0.5, 0.6) is 0 Å². The van der Waals surface area contributed by atoms with Crippen molar-refractivity contribution in [2.45, 2.75) is 46.0 Å². The summed E-state index contributed by atoms with van der Waals surface area (Å²) >= 11 is 6.10. The first-order valence-corrected chi connectivity index (χ1v) is 7.61. The summed E-state index contributed by atoms with van der Waals surface area (Å²) < 4.78 is 2.37. The molecule has 0 aliphatic heterocycles. The third kappa shape index (κ3) is 2.06. The SMILES string of the molecule is Cc1cccc2nc(CCl)n(CC3(C(C)C)CC3)c12. The van der Waals surface area contributed by atoms with Gasteiger partial charge in [-0.3, -0.25) is 0 Å². The number of aromatic nitrogens is 2. The second-order valence-electron chi connectivity index (χ2n) is 6.21. The molecule has 1 aromatic carbocycles. The molecule has 3 rings (SSSR count). The van der Waals surface area contributed by atoms with Gasteiger partial charge in [0.1, 0.15) is 5.82 Å².